The van der Waals surface area contributed by atoms with Gasteiger partial charge in [0.1, 0.15) is 18.5 Å². The van der Waals surface area contributed by atoms with E-state index in [1.807, 2.05) is 36.5 Å². The molecule has 1 aromatic carbocycles. The maximum absolute atomic E-state index is 10.1. The number of β-amino-alcohol motifs (C(OH)–C–C–N with tert-alkyl or cyclic N) is 1. The molecule has 1 aromatic heterocycles. The molecule has 2 heterocycles. The molecule has 22 heavy (non-hydrogen) atoms. The molecule has 1 aliphatic heterocycles. The van der Waals surface area contributed by atoms with Crippen molar-refractivity contribution in [2.45, 2.75) is 6.10 Å². The second kappa shape index (κ2) is 7.40. The fourth-order valence-electron chi connectivity index (χ4n) is 2.46. The second-order valence-corrected chi connectivity index (χ2v) is 5.33. The van der Waals surface area contributed by atoms with E-state index in [2.05, 4.69) is 10.00 Å². The average Bonchev–Trinajstić information content (AvgIpc) is 3.09. The molecule has 0 amide bonds. The zero-order chi connectivity index (χ0) is 15.2. The molecule has 0 bridgehead atoms. The van der Waals surface area contributed by atoms with Crippen LogP contribution in [0.15, 0.2) is 42.7 Å². The van der Waals surface area contributed by atoms with Crippen molar-refractivity contribution in [3.8, 4) is 11.4 Å². The summed E-state index contributed by atoms with van der Waals surface area (Å²) in [6.07, 6.45) is 3.11. The van der Waals surface area contributed by atoms with Crippen molar-refractivity contribution < 1.29 is 14.6 Å². The predicted molar refractivity (Wildman–Crippen MR) is 82.3 cm³/mol. The normalized spacial score (nSPS) is 17.3. The maximum atomic E-state index is 10.1. The van der Waals surface area contributed by atoms with Crippen LogP contribution in [0.5, 0.6) is 5.75 Å². The minimum Gasteiger partial charge on any atom is -0.491 e. The van der Waals surface area contributed by atoms with Crippen LogP contribution in [0, 0.1) is 0 Å². The first kappa shape index (κ1) is 15.0. The van der Waals surface area contributed by atoms with Gasteiger partial charge in [-0.25, -0.2) is 4.68 Å². The monoisotopic (exact) mass is 303 g/mol. The Morgan fingerprint density at radius 1 is 1.27 bits per heavy atom. The molecular formula is C16H21N3O3. The van der Waals surface area contributed by atoms with Crippen LogP contribution < -0.4 is 4.74 Å². The van der Waals surface area contributed by atoms with E-state index in [-0.39, 0.29) is 6.61 Å². The SMILES string of the molecule is OC(COc1cccc(-n2cccn2)c1)CN1CCOCC1. The van der Waals surface area contributed by atoms with Crippen LogP contribution in [0.3, 0.4) is 0 Å². The molecule has 6 nitrogen and oxygen atoms in total. The van der Waals surface area contributed by atoms with Crippen LogP contribution in [0.25, 0.3) is 5.69 Å². The summed E-state index contributed by atoms with van der Waals surface area (Å²) in [5.41, 5.74) is 0.935. The van der Waals surface area contributed by atoms with Gasteiger partial charge in [-0.3, -0.25) is 4.90 Å². The number of benzene rings is 1. The Bertz CT molecular complexity index is 568. The van der Waals surface area contributed by atoms with E-state index in [4.69, 9.17) is 9.47 Å². The Morgan fingerprint density at radius 2 is 2.14 bits per heavy atom. The smallest absolute Gasteiger partial charge is 0.121 e. The van der Waals surface area contributed by atoms with Crippen LogP contribution in [-0.2, 0) is 4.74 Å². The summed E-state index contributed by atoms with van der Waals surface area (Å²) in [4.78, 5) is 2.19. The van der Waals surface area contributed by atoms with Crippen LogP contribution in [0.4, 0.5) is 0 Å². The molecule has 2 aromatic rings. The lowest BCUT2D eigenvalue weighted by Gasteiger charge is -2.28. The van der Waals surface area contributed by atoms with Gasteiger partial charge in [0, 0.05) is 38.1 Å². The van der Waals surface area contributed by atoms with Gasteiger partial charge in [-0.15, -0.1) is 0 Å². The average molecular weight is 303 g/mol. The van der Waals surface area contributed by atoms with Crippen LogP contribution in [-0.4, -0.2) is 65.3 Å². The number of aliphatic hydroxyl groups excluding tert-OH is 1. The molecule has 0 saturated carbocycles. The minimum atomic E-state index is -0.508. The maximum Gasteiger partial charge on any atom is 0.121 e. The molecule has 0 spiro atoms. The zero-order valence-electron chi connectivity index (χ0n) is 12.5. The van der Waals surface area contributed by atoms with Crippen LogP contribution in [0.1, 0.15) is 0 Å². The van der Waals surface area contributed by atoms with Gasteiger partial charge in [0.05, 0.1) is 18.9 Å². The summed E-state index contributed by atoms with van der Waals surface area (Å²) < 4.78 is 12.8. The van der Waals surface area contributed by atoms with Crippen molar-refractivity contribution in [1.82, 2.24) is 14.7 Å². The van der Waals surface area contributed by atoms with E-state index in [1.54, 1.807) is 10.9 Å². The van der Waals surface area contributed by atoms with E-state index in [9.17, 15) is 5.11 Å². The summed E-state index contributed by atoms with van der Waals surface area (Å²) in [5.74, 6) is 0.731. The second-order valence-electron chi connectivity index (χ2n) is 5.33. The lowest BCUT2D eigenvalue weighted by Crippen LogP contribution is -2.42. The van der Waals surface area contributed by atoms with Crippen LogP contribution >= 0.6 is 0 Å². The first-order valence-corrected chi connectivity index (χ1v) is 7.52. The Morgan fingerprint density at radius 3 is 2.91 bits per heavy atom. The fraction of sp³-hybridized carbons (Fsp3) is 0.438. The standard InChI is InChI=1S/C16H21N3O3/c20-15(12-18-7-9-21-10-8-18)13-22-16-4-1-3-14(11-16)19-6-2-5-17-19/h1-6,11,15,20H,7-10,12-13H2. The van der Waals surface area contributed by atoms with E-state index >= 15 is 0 Å². The first-order chi connectivity index (χ1) is 10.8. The first-order valence-electron chi connectivity index (χ1n) is 7.52. The third kappa shape index (κ3) is 4.07. The summed E-state index contributed by atoms with van der Waals surface area (Å²) in [7, 11) is 0. The molecule has 6 heteroatoms. The Balaban J connectivity index is 1.51. The predicted octanol–water partition coefficient (Wildman–Crippen LogP) is 0.944. The summed E-state index contributed by atoms with van der Waals surface area (Å²) in [5, 5.41) is 14.3. The Labute approximate surface area is 129 Å². The van der Waals surface area contributed by atoms with E-state index in [0.717, 1.165) is 37.7 Å². The van der Waals surface area contributed by atoms with Crippen LogP contribution in [0.2, 0.25) is 0 Å². The third-order valence-corrected chi connectivity index (χ3v) is 3.60. The zero-order valence-corrected chi connectivity index (χ0v) is 12.5. The number of hydrogen-bond donors (Lipinski definition) is 1. The lowest BCUT2D eigenvalue weighted by molar-refractivity contribution is 0.00465. The molecule has 1 unspecified atom stereocenters. The molecule has 0 radical (unpaired) electrons. The Kier molecular flexibility index (Phi) is 5.05. The quantitative estimate of drug-likeness (QED) is 0.861. The number of nitrogens with zero attached hydrogens (tertiary/aromatic N) is 3. The molecular weight excluding hydrogens is 282 g/mol. The molecule has 118 valence electrons. The summed E-state index contributed by atoms with van der Waals surface area (Å²) >= 11 is 0. The number of aliphatic hydroxyl groups is 1. The number of aromatic nitrogens is 2. The molecule has 1 aliphatic rings. The van der Waals surface area contributed by atoms with Gasteiger partial charge in [0.15, 0.2) is 0 Å². The van der Waals surface area contributed by atoms with Gasteiger partial charge < -0.3 is 14.6 Å². The van der Waals surface area contributed by atoms with Crippen molar-refractivity contribution in [1.29, 1.82) is 0 Å². The lowest BCUT2D eigenvalue weighted by atomic mass is 10.3. The van der Waals surface area contributed by atoms with Crippen molar-refractivity contribution in [3.63, 3.8) is 0 Å². The third-order valence-electron chi connectivity index (χ3n) is 3.60. The highest BCUT2D eigenvalue weighted by atomic mass is 16.5. The highest BCUT2D eigenvalue weighted by Crippen LogP contribution is 2.16. The summed E-state index contributed by atoms with van der Waals surface area (Å²) in [6.45, 7) is 4.10. The topological polar surface area (TPSA) is 59.8 Å². The molecule has 1 atom stereocenters. The van der Waals surface area contributed by atoms with Crippen molar-refractivity contribution in [2.75, 3.05) is 39.5 Å². The largest absolute Gasteiger partial charge is 0.491 e. The van der Waals surface area contributed by atoms with Gasteiger partial charge in [-0.2, -0.15) is 5.10 Å². The molecule has 1 saturated heterocycles. The number of ether oxygens (including phenoxy) is 2. The van der Waals surface area contributed by atoms with Gasteiger partial charge in [-0.1, -0.05) is 6.07 Å². The highest BCUT2D eigenvalue weighted by molar-refractivity contribution is 5.38. The highest BCUT2D eigenvalue weighted by Gasteiger charge is 2.15. The van der Waals surface area contributed by atoms with Gasteiger partial charge in [0.2, 0.25) is 0 Å². The van der Waals surface area contributed by atoms with Crippen molar-refractivity contribution >= 4 is 0 Å². The van der Waals surface area contributed by atoms with Gasteiger partial charge in [0.25, 0.3) is 0 Å². The number of rotatable bonds is 6. The number of hydrogen-bond acceptors (Lipinski definition) is 5. The molecule has 3 rings (SSSR count). The molecule has 0 aliphatic carbocycles. The molecule has 1 N–H and O–H groups in total. The van der Waals surface area contributed by atoms with Gasteiger partial charge >= 0.3 is 0 Å². The minimum absolute atomic E-state index is 0.278. The number of morpholine rings is 1. The van der Waals surface area contributed by atoms with Crippen molar-refractivity contribution in [3.05, 3.63) is 42.7 Å². The van der Waals surface area contributed by atoms with E-state index in [1.165, 1.54) is 0 Å². The van der Waals surface area contributed by atoms with Crippen molar-refractivity contribution in [2.24, 2.45) is 0 Å². The fourth-order valence-corrected chi connectivity index (χ4v) is 2.46. The van der Waals surface area contributed by atoms with E-state index < -0.39 is 6.10 Å². The Hall–Kier alpha value is -1.89. The molecule has 1 fully saturated rings. The van der Waals surface area contributed by atoms with Gasteiger partial charge in [-0.05, 0) is 18.2 Å². The summed E-state index contributed by atoms with van der Waals surface area (Å²) in [6, 6.07) is 9.55. The van der Waals surface area contributed by atoms with E-state index in [0.29, 0.717) is 6.54 Å².